The predicted molar refractivity (Wildman–Crippen MR) is 143 cm³/mol. The number of fused-ring (bicyclic) bond motifs is 1. The number of ether oxygens (including phenoxy) is 3. The molecule has 0 unspecified atom stereocenters. The fourth-order valence-corrected chi connectivity index (χ4v) is 3.77. The summed E-state index contributed by atoms with van der Waals surface area (Å²) in [6.07, 6.45) is -0.220. The molecule has 3 aromatic carbocycles. The first-order valence-electron chi connectivity index (χ1n) is 11.7. The molecule has 1 heterocycles. The molecule has 0 aliphatic carbocycles. The van der Waals surface area contributed by atoms with Crippen LogP contribution in [0.4, 0.5) is 11.6 Å². The van der Waals surface area contributed by atoms with E-state index >= 15 is 0 Å². The van der Waals surface area contributed by atoms with Gasteiger partial charge in [0.2, 0.25) is 5.95 Å². The predicted octanol–water partition coefficient (Wildman–Crippen LogP) is 5.17. The Morgan fingerprint density at radius 1 is 0.865 bits per heavy atom. The first-order chi connectivity index (χ1) is 17.8. The molecule has 0 atom stereocenters. The zero-order valence-electron chi connectivity index (χ0n) is 21.3. The summed E-state index contributed by atoms with van der Waals surface area (Å²) in [5.74, 6) is 0.825. The van der Waals surface area contributed by atoms with Crippen LogP contribution in [0.1, 0.15) is 34.6 Å². The average Bonchev–Trinajstić information content (AvgIpc) is 2.91. The highest BCUT2D eigenvalue weighted by Crippen LogP contribution is 2.36. The van der Waals surface area contributed by atoms with Crippen LogP contribution < -0.4 is 20.1 Å². The Hall–Kier alpha value is -4.66. The lowest BCUT2D eigenvalue weighted by Crippen LogP contribution is -2.14. The number of methoxy groups -OCH3 is 2. The molecule has 37 heavy (non-hydrogen) atoms. The van der Waals surface area contributed by atoms with Gasteiger partial charge in [-0.3, -0.25) is 4.79 Å². The lowest BCUT2D eigenvalue weighted by molar-refractivity contribution is 0.0377. The summed E-state index contributed by atoms with van der Waals surface area (Å²) in [7, 11) is 4.89. The third kappa shape index (κ3) is 5.61. The van der Waals surface area contributed by atoms with E-state index in [9.17, 15) is 9.59 Å². The van der Waals surface area contributed by atoms with Gasteiger partial charge in [-0.15, -0.1) is 0 Å². The fourth-order valence-electron chi connectivity index (χ4n) is 3.77. The number of nitrogens with zero attached hydrogens (tertiary/aromatic N) is 2. The molecular formula is C28H28N4O5. The van der Waals surface area contributed by atoms with E-state index in [1.54, 1.807) is 71.5 Å². The first-order valence-corrected chi connectivity index (χ1v) is 11.7. The summed E-state index contributed by atoms with van der Waals surface area (Å²) in [4.78, 5) is 34.2. The summed E-state index contributed by atoms with van der Waals surface area (Å²) in [6.45, 7) is 3.57. The van der Waals surface area contributed by atoms with Crippen molar-refractivity contribution in [2.45, 2.75) is 20.0 Å². The molecule has 0 aliphatic heterocycles. The average molecular weight is 501 g/mol. The van der Waals surface area contributed by atoms with Crippen LogP contribution in [-0.2, 0) is 4.74 Å². The van der Waals surface area contributed by atoms with E-state index in [0.29, 0.717) is 45.5 Å². The van der Waals surface area contributed by atoms with Crippen molar-refractivity contribution in [3.8, 4) is 22.8 Å². The smallest absolute Gasteiger partial charge is 0.338 e. The van der Waals surface area contributed by atoms with Gasteiger partial charge in [0.05, 0.1) is 37.1 Å². The lowest BCUT2D eigenvalue weighted by atomic mass is 10.0. The van der Waals surface area contributed by atoms with Gasteiger partial charge in [-0.1, -0.05) is 12.1 Å². The highest BCUT2D eigenvalue weighted by atomic mass is 16.5. The normalized spacial score (nSPS) is 10.8. The summed E-state index contributed by atoms with van der Waals surface area (Å²) in [5, 5.41) is 6.66. The van der Waals surface area contributed by atoms with Gasteiger partial charge in [-0.25, -0.2) is 14.8 Å². The molecule has 0 fully saturated rings. The Bertz CT molecular complexity index is 1450. The van der Waals surface area contributed by atoms with Crippen LogP contribution in [0.25, 0.3) is 22.2 Å². The zero-order valence-corrected chi connectivity index (χ0v) is 21.3. The molecule has 1 amide bonds. The first kappa shape index (κ1) is 25.4. The molecule has 4 rings (SSSR count). The molecule has 190 valence electrons. The number of carbonyl (C=O) groups is 2. The quantitative estimate of drug-likeness (QED) is 0.319. The van der Waals surface area contributed by atoms with Crippen LogP contribution in [0.15, 0.2) is 60.7 Å². The number of rotatable bonds is 8. The Kier molecular flexibility index (Phi) is 7.52. The highest BCUT2D eigenvalue weighted by molar-refractivity contribution is 6.05. The monoisotopic (exact) mass is 500 g/mol. The second kappa shape index (κ2) is 10.9. The Morgan fingerprint density at radius 2 is 1.54 bits per heavy atom. The molecule has 9 nitrogen and oxygen atoms in total. The van der Waals surface area contributed by atoms with Gasteiger partial charge in [0.25, 0.3) is 5.91 Å². The maximum Gasteiger partial charge on any atom is 0.338 e. The summed E-state index contributed by atoms with van der Waals surface area (Å²) >= 11 is 0. The number of aromatic nitrogens is 2. The minimum atomic E-state index is -0.429. The molecule has 0 aliphatic rings. The summed E-state index contributed by atoms with van der Waals surface area (Å²) < 4.78 is 16.1. The number of nitrogens with one attached hydrogen (secondary N) is 2. The number of esters is 1. The van der Waals surface area contributed by atoms with Crippen LogP contribution >= 0.6 is 0 Å². The van der Waals surface area contributed by atoms with Crippen LogP contribution in [0.3, 0.4) is 0 Å². The van der Waals surface area contributed by atoms with E-state index in [1.807, 2.05) is 24.3 Å². The molecule has 0 spiro atoms. The molecule has 1 aromatic heterocycles. The fraction of sp³-hybridized carbons (Fsp3) is 0.214. The maximum atomic E-state index is 12.9. The van der Waals surface area contributed by atoms with Crippen molar-refractivity contribution in [2.24, 2.45) is 0 Å². The second-order valence-corrected chi connectivity index (χ2v) is 8.44. The van der Waals surface area contributed by atoms with Crippen molar-refractivity contribution in [3.63, 3.8) is 0 Å². The molecule has 0 saturated heterocycles. The van der Waals surface area contributed by atoms with E-state index in [1.165, 1.54) is 0 Å². The van der Waals surface area contributed by atoms with E-state index in [0.717, 1.165) is 10.9 Å². The second-order valence-electron chi connectivity index (χ2n) is 8.44. The van der Waals surface area contributed by atoms with Gasteiger partial charge in [-0.2, -0.15) is 0 Å². The zero-order chi connectivity index (χ0) is 26.5. The van der Waals surface area contributed by atoms with Crippen molar-refractivity contribution in [2.75, 3.05) is 31.9 Å². The van der Waals surface area contributed by atoms with Gasteiger partial charge in [0.15, 0.2) is 11.5 Å². The molecule has 9 heteroatoms. The minimum absolute atomic E-state index is 0.220. The molecule has 4 aromatic rings. The van der Waals surface area contributed by atoms with Gasteiger partial charge in [0, 0.05) is 35.3 Å². The van der Waals surface area contributed by atoms with Crippen molar-refractivity contribution in [3.05, 3.63) is 71.8 Å². The standard InChI is InChI=1S/C28H28N4O5/c1-16(2)37-27(34)18-11-9-17(10-12-18)26(33)30-20-8-6-7-19(13-20)25-21-14-23(35-4)24(36-5)15-22(21)31-28(29-3)32-25/h6-16H,1-5H3,(H,30,33)(H,29,31,32). The van der Waals surface area contributed by atoms with E-state index in [-0.39, 0.29) is 12.0 Å². The van der Waals surface area contributed by atoms with Crippen LogP contribution in [-0.4, -0.2) is 49.2 Å². The van der Waals surface area contributed by atoms with E-state index in [2.05, 4.69) is 20.6 Å². The van der Waals surface area contributed by atoms with Crippen LogP contribution in [0.2, 0.25) is 0 Å². The van der Waals surface area contributed by atoms with Gasteiger partial charge < -0.3 is 24.8 Å². The third-order valence-electron chi connectivity index (χ3n) is 5.54. The summed E-state index contributed by atoms with van der Waals surface area (Å²) in [6, 6.07) is 17.3. The largest absolute Gasteiger partial charge is 0.493 e. The number of hydrogen-bond donors (Lipinski definition) is 2. The Morgan fingerprint density at radius 3 is 2.19 bits per heavy atom. The minimum Gasteiger partial charge on any atom is -0.493 e. The number of hydrogen-bond acceptors (Lipinski definition) is 8. The summed E-state index contributed by atoms with van der Waals surface area (Å²) in [5.41, 5.74) is 3.50. The SMILES string of the molecule is CNc1nc(-c2cccc(NC(=O)c3ccc(C(=O)OC(C)C)cc3)c2)c2cc(OC)c(OC)cc2n1. The molecule has 2 N–H and O–H groups in total. The van der Waals surface area contributed by atoms with Gasteiger partial charge >= 0.3 is 5.97 Å². The van der Waals surface area contributed by atoms with Gasteiger partial charge in [0.1, 0.15) is 0 Å². The van der Waals surface area contributed by atoms with Gasteiger partial charge in [-0.05, 0) is 56.3 Å². The topological polar surface area (TPSA) is 112 Å². The number of carbonyl (C=O) groups excluding carboxylic acids is 2. The Labute approximate surface area is 214 Å². The van der Waals surface area contributed by atoms with Crippen LogP contribution in [0.5, 0.6) is 11.5 Å². The van der Waals surface area contributed by atoms with E-state index < -0.39 is 5.97 Å². The van der Waals surface area contributed by atoms with Crippen molar-refractivity contribution in [1.29, 1.82) is 0 Å². The number of anilines is 2. The molecule has 0 radical (unpaired) electrons. The van der Waals surface area contributed by atoms with Crippen molar-refractivity contribution >= 4 is 34.4 Å². The van der Waals surface area contributed by atoms with Crippen molar-refractivity contribution < 1.29 is 23.8 Å². The Balaban J connectivity index is 1.64. The van der Waals surface area contributed by atoms with Crippen LogP contribution in [0, 0.1) is 0 Å². The third-order valence-corrected chi connectivity index (χ3v) is 5.54. The number of amides is 1. The maximum absolute atomic E-state index is 12.9. The highest BCUT2D eigenvalue weighted by Gasteiger charge is 2.16. The van der Waals surface area contributed by atoms with Crippen molar-refractivity contribution in [1.82, 2.24) is 9.97 Å². The van der Waals surface area contributed by atoms with E-state index in [4.69, 9.17) is 14.2 Å². The molecular weight excluding hydrogens is 472 g/mol. The molecule has 0 saturated carbocycles. The molecule has 0 bridgehead atoms. The number of benzene rings is 3. The lowest BCUT2D eigenvalue weighted by Gasteiger charge is -2.13.